The Morgan fingerprint density at radius 3 is 2.40 bits per heavy atom. The van der Waals surface area contributed by atoms with E-state index in [1.807, 2.05) is 12.1 Å². The second-order valence-corrected chi connectivity index (χ2v) is 5.44. The number of hydrogen-bond acceptors (Lipinski definition) is 7. The molecule has 20 heavy (non-hydrogen) atoms. The van der Waals surface area contributed by atoms with Gasteiger partial charge in [-0.3, -0.25) is 5.43 Å². The van der Waals surface area contributed by atoms with Crippen molar-refractivity contribution >= 4 is 17.7 Å². The van der Waals surface area contributed by atoms with Crippen LogP contribution in [0.15, 0.2) is 34.3 Å². The lowest BCUT2D eigenvalue weighted by Crippen LogP contribution is -2.12. The van der Waals surface area contributed by atoms with Crippen LogP contribution in [0.1, 0.15) is 25.3 Å². The predicted molar refractivity (Wildman–Crippen MR) is 78.8 cm³/mol. The molecule has 0 aliphatic rings. The quantitative estimate of drug-likeness (QED) is 0.646. The summed E-state index contributed by atoms with van der Waals surface area (Å²) in [7, 11) is 1.50. The first kappa shape index (κ1) is 14.5. The van der Waals surface area contributed by atoms with E-state index in [4.69, 9.17) is 10.6 Å². The van der Waals surface area contributed by atoms with Crippen LogP contribution in [0.5, 0.6) is 6.01 Å². The van der Waals surface area contributed by atoms with Gasteiger partial charge in [0.1, 0.15) is 0 Å². The van der Waals surface area contributed by atoms with Crippen molar-refractivity contribution in [2.24, 2.45) is 5.84 Å². The monoisotopic (exact) mass is 291 g/mol. The van der Waals surface area contributed by atoms with E-state index < -0.39 is 0 Å². The second-order valence-electron chi connectivity index (χ2n) is 4.40. The fraction of sp³-hybridized carbons (Fsp3) is 0.308. The summed E-state index contributed by atoms with van der Waals surface area (Å²) < 4.78 is 5.01. The van der Waals surface area contributed by atoms with Crippen molar-refractivity contribution in [3.8, 4) is 6.01 Å². The molecule has 0 bridgehead atoms. The van der Waals surface area contributed by atoms with E-state index in [0.717, 1.165) is 4.90 Å². The van der Waals surface area contributed by atoms with Gasteiger partial charge < -0.3 is 4.74 Å². The van der Waals surface area contributed by atoms with Gasteiger partial charge >= 0.3 is 6.01 Å². The third-order valence-corrected chi connectivity index (χ3v) is 3.53. The Balaban J connectivity index is 2.20. The minimum absolute atomic E-state index is 0.231. The first-order valence-electron chi connectivity index (χ1n) is 6.17. The molecule has 0 aliphatic heterocycles. The number of benzene rings is 1. The van der Waals surface area contributed by atoms with Crippen LogP contribution in [-0.4, -0.2) is 22.1 Å². The van der Waals surface area contributed by atoms with Crippen LogP contribution in [0.25, 0.3) is 0 Å². The van der Waals surface area contributed by atoms with Crippen molar-refractivity contribution in [3.63, 3.8) is 0 Å². The molecule has 0 atom stereocenters. The summed E-state index contributed by atoms with van der Waals surface area (Å²) in [6.07, 6.45) is 0. The molecule has 3 N–H and O–H groups in total. The van der Waals surface area contributed by atoms with Gasteiger partial charge in [0, 0.05) is 4.90 Å². The highest BCUT2D eigenvalue weighted by molar-refractivity contribution is 7.99. The van der Waals surface area contributed by atoms with E-state index >= 15 is 0 Å². The van der Waals surface area contributed by atoms with Crippen LogP contribution in [0, 0.1) is 0 Å². The Morgan fingerprint density at radius 1 is 1.15 bits per heavy atom. The molecule has 106 valence electrons. The van der Waals surface area contributed by atoms with Gasteiger partial charge in [0.15, 0.2) is 0 Å². The molecule has 0 amide bonds. The maximum absolute atomic E-state index is 5.32. The first-order valence-corrected chi connectivity index (χ1v) is 6.98. The molecule has 0 unspecified atom stereocenters. The number of ether oxygens (including phenoxy) is 1. The van der Waals surface area contributed by atoms with Gasteiger partial charge in [0.05, 0.1) is 7.11 Å². The summed E-state index contributed by atoms with van der Waals surface area (Å²) in [4.78, 5) is 13.4. The van der Waals surface area contributed by atoms with Gasteiger partial charge in [-0.05, 0) is 35.4 Å². The van der Waals surface area contributed by atoms with E-state index in [2.05, 4.69) is 46.4 Å². The molecule has 0 aliphatic carbocycles. The molecule has 6 nitrogen and oxygen atoms in total. The summed E-state index contributed by atoms with van der Waals surface area (Å²) in [5.74, 6) is 6.11. The smallest absolute Gasteiger partial charge is 0.322 e. The zero-order valence-corrected chi connectivity index (χ0v) is 12.4. The Kier molecular flexibility index (Phi) is 4.75. The maximum Gasteiger partial charge on any atom is 0.322 e. The third kappa shape index (κ3) is 3.58. The van der Waals surface area contributed by atoms with Gasteiger partial charge in [0.25, 0.3) is 0 Å². The molecular formula is C13H17N5OS. The zero-order chi connectivity index (χ0) is 14.5. The molecule has 2 aromatic rings. The van der Waals surface area contributed by atoms with Gasteiger partial charge in [-0.25, -0.2) is 5.84 Å². The zero-order valence-electron chi connectivity index (χ0n) is 11.6. The highest BCUT2D eigenvalue weighted by Gasteiger charge is 2.08. The molecule has 0 saturated carbocycles. The van der Waals surface area contributed by atoms with Crippen LogP contribution in [0.3, 0.4) is 0 Å². The summed E-state index contributed by atoms with van der Waals surface area (Å²) >= 11 is 1.43. The lowest BCUT2D eigenvalue weighted by molar-refractivity contribution is 0.373. The van der Waals surface area contributed by atoms with Crippen molar-refractivity contribution in [1.82, 2.24) is 15.0 Å². The molecule has 0 fully saturated rings. The van der Waals surface area contributed by atoms with E-state index in [0.29, 0.717) is 11.1 Å². The minimum atomic E-state index is 0.231. The number of rotatable bonds is 5. The summed E-state index contributed by atoms with van der Waals surface area (Å²) in [5.41, 5.74) is 3.69. The van der Waals surface area contributed by atoms with Crippen LogP contribution in [0.4, 0.5) is 5.95 Å². The number of hydrogen-bond donors (Lipinski definition) is 2. The number of nitrogens with two attached hydrogens (primary N) is 1. The van der Waals surface area contributed by atoms with Crippen LogP contribution in [-0.2, 0) is 0 Å². The van der Waals surface area contributed by atoms with E-state index in [1.54, 1.807) is 0 Å². The fourth-order valence-electron chi connectivity index (χ4n) is 1.57. The van der Waals surface area contributed by atoms with E-state index in [-0.39, 0.29) is 12.0 Å². The molecule has 2 rings (SSSR count). The predicted octanol–water partition coefficient (Wildman–Crippen LogP) is 2.44. The Morgan fingerprint density at radius 2 is 1.85 bits per heavy atom. The van der Waals surface area contributed by atoms with Crippen LogP contribution < -0.4 is 16.0 Å². The van der Waals surface area contributed by atoms with Crippen LogP contribution >= 0.6 is 11.8 Å². The molecule has 1 aromatic carbocycles. The molecule has 1 aromatic heterocycles. The summed E-state index contributed by atoms with van der Waals surface area (Å²) in [6, 6.07) is 8.54. The second kappa shape index (κ2) is 6.53. The van der Waals surface area contributed by atoms with Crippen molar-refractivity contribution in [2.45, 2.75) is 29.8 Å². The number of hydrazine groups is 1. The topological polar surface area (TPSA) is 86.0 Å². The molecule has 7 heteroatoms. The van der Waals surface area contributed by atoms with E-state index in [1.165, 1.54) is 24.4 Å². The normalized spacial score (nSPS) is 10.7. The van der Waals surface area contributed by atoms with E-state index in [9.17, 15) is 0 Å². The number of methoxy groups -OCH3 is 1. The highest BCUT2D eigenvalue weighted by Crippen LogP contribution is 2.27. The highest BCUT2D eigenvalue weighted by atomic mass is 32.2. The Hall–Kier alpha value is -1.86. The molecule has 0 spiro atoms. The summed E-state index contributed by atoms with van der Waals surface area (Å²) in [6.45, 7) is 4.33. The number of nitrogens with one attached hydrogen (secondary N) is 1. The standard InChI is InChI=1S/C13H17N5OS/c1-8(2)9-4-6-10(7-5-9)20-13-16-11(18-14)15-12(17-13)19-3/h4-8H,14H2,1-3H3,(H,15,16,17,18). The molecule has 1 heterocycles. The number of nitrogen functional groups attached to an aromatic ring is 1. The molecule has 0 radical (unpaired) electrons. The van der Waals surface area contributed by atoms with Gasteiger partial charge in [-0.15, -0.1) is 0 Å². The van der Waals surface area contributed by atoms with Crippen LogP contribution in [0.2, 0.25) is 0 Å². The van der Waals surface area contributed by atoms with Crippen molar-refractivity contribution in [3.05, 3.63) is 29.8 Å². The average molecular weight is 291 g/mol. The van der Waals surface area contributed by atoms with Crippen molar-refractivity contribution in [2.75, 3.05) is 12.5 Å². The maximum atomic E-state index is 5.32. The number of aromatic nitrogens is 3. The average Bonchev–Trinajstić information content (AvgIpc) is 2.47. The lowest BCUT2D eigenvalue weighted by atomic mass is 10.0. The van der Waals surface area contributed by atoms with Gasteiger partial charge in [0.2, 0.25) is 11.1 Å². The summed E-state index contributed by atoms with van der Waals surface area (Å²) in [5, 5.41) is 0.530. The SMILES string of the molecule is COc1nc(NN)nc(Sc2ccc(C(C)C)cc2)n1. The lowest BCUT2D eigenvalue weighted by Gasteiger charge is -2.07. The Bertz CT molecular complexity index is 551. The van der Waals surface area contributed by atoms with Gasteiger partial charge in [-0.2, -0.15) is 15.0 Å². The van der Waals surface area contributed by atoms with Gasteiger partial charge in [-0.1, -0.05) is 26.0 Å². The third-order valence-electron chi connectivity index (χ3n) is 2.66. The number of nitrogens with zero attached hydrogens (tertiary/aromatic N) is 3. The fourth-order valence-corrected chi connectivity index (χ4v) is 2.30. The van der Waals surface area contributed by atoms with Crippen molar-refractivity contribution in [1.29, 1.82) is 0 Å². The van der Waals surface area contributed by atoms with Crippen molar-refractivity contribution < 1.29 is 4.74 Å². The largest absolute Gasteiger partial charge is 0.467 e. The minimum Gasteiger partial charge on any atom is -0.467 e. The molecular weight excluding hydrogens is 274 g/mol. The Labute approximate surface area is 122 Å². The first-order chi connectivity index (χ1) is 9.62. The number of anilines is 1. The molecule has 0 saturated heterocycles.